The molecule has 0 saturated carbocycles. The molecule has 3 rings (SSSR count). The van der Waals surface area contributed by atoms with Crippen LogP contribution >= 0.6 is 0 Å². The van der Waals surface area contributed by atoms with Gasteiger partial charge in [-0.05, 0) is 59.6 Å². The van der Waals surface area contributed by atoms with Crippen LogP contribution in [-0.4, -0.2) is 84.1 Å². The van der Waals surface area contributed by atoms with Crippen molar-refractivity contribution < 1.29 is 19.1 Å². The lowest BCUT2D eigenvalue weighted by molar-refractivity contribution is -0.139. The van der Waals surface area contributed by atoms with Gasteiger partial charge >= 0.3 is 18.0 Å². The van der Waals surface area contributed by atoms with Crippen molar-refractivity contribution in [2.45, 2.75) is 66.1 Å². The lowest BCUT2D eigenvalue weighted by Gasteiger charge is -2.43. The monoisotopic (exact) mass is 499 g/mol. The zero-order chi connectivity index (χ0) is 26.8. The van der Waals surface area contributed by atoms with Crippen molar-refractivity contribution in [3.05, 3.63) is 46.2 Å². The Morgan fingerprint density at radius 3 is 2.47 bits per heavy atom. The molecule has 0 unspecified atom stereocenters. The van der Waals surface area contributed by atoms with Gasteiger partial charge in [0.05, 0.1) is 18.2 Å². The van der Waals surface area contributed by atoms with Crippen molar-refractivity contribution in [3.63, 3.8) is 0 Å². The molecule has 2 heterocycles. The minimum Gasteiger partial charge on any atom is -0.463 e. The van der Waals surface area contributed by atoms with Crippen molar-refractivity contribution in [2.75, 3.05) is 39.8 Å². The predicted octanol–water partition coefficient (Wildman–Crippen LogP) is 3.33. The molecular formula is C27H41N5O4. The number of aryl methyl sites for hydroxylation is 2. The molecule has 198 valence electrons. The number of urea groups is 2. The molecule has 2 aliphatic heterocycles. The summed E-state index contributed by atoms with van der Waals surface area (Å²) in [6.07, 6.45) is 0. The van der Waals surface area contributed by atoms with Gasteiger partial charge in [0.2, 0.25) is 0 Å². The highest BCUT2D eigenvalue weighted by Crippen LogP contribution is 2.33. The summed E-state index contributed by atoms with van der Waals surface area (Å²) in [6, 6.07) is 5.03. The molecule has 4 amide bonds. The fourth-order valence-corrected chi connectivity index (χ4v) is 4.86. The van der Waals surface area contributed by atoms with E-state index in [0.29, 0.717) is 37.4 Å². The maximum atomic E-state index is 13.3. The van der Waals surface area contributed by atoms with Crippen molar-refractivity contribution >= 4 is 18.0 Å². The summed E-state index contributed by atoms with van der Waals surface area (Å²) in [4.78, 5) is 44.6. The van der Waals surface area contributed by atoms with Gasteiger partial charge in [-0.25, -0.2) is 14.4 Å². The number of amides is 4. The summed E-state index contributed by atoms with van der Waals surface area (Å²) in [5.41, 5.74) is 3.75. The quantitative estimate of drug-likeness (QED) is 0.606. The van der Waals surface area contributed by atoms with E-state index in [0.717, 1.165) is 16.7 Å². The molecule has 1 fully saturated rings. The highest BCUT2D eigenvalue weighted by atomic mass is 16.5. The molecule has 0 radical (unpaired) electrons. The van der Waals surface area contributed by atoms with Crippen molar-refractivity contribution in [2.24, 2.45) is 0 Å². The number of ether oxygens (including phenoxy) is 1. The van der Waals surface area contributed by atoms with Crippen LogP contribution in [0.1, 0.15) is 57.4 Å². The van der Waals surface area contributed by atoms with Gasteiger partial charge in [-0.1, -0.05) is 23.8 Å². The number of esters is 1. The Bertz CT molecular complexity index is 1050. The van der Waals surface area contributed by atoms with Gasteiger partial charge in [-0.2, -0.15) is 0 Å². The standard InChI is InChI=1S/C27H41N5O4/c1-9-36-24(33)22-21(16-31-12-13-32(19(4)15-31)26(35)29-27(5,6)7)30(8)25(34)28-23(22)20-11-10-17(2)14-18(20)3/h10-11,14,19,23H,9,12-13,15-16H2,1-8H3,(H,28,34)(H,29,35)/t19-,23-/m1/s1. The van der Waals surface area contributed by atoms with E-state index >= 15 is 0 Å². The lowest BCUT2D eigenvalue weighted by Crippen LogP contribution is -2.59. The molecule has 1 saturated heterocycles. The van der Waals surface area contributed by atoms with Crippen LogP contribution < -0.4 is 10.6 Å². The van der Waals surface area contributed by atoms with E-state index in [9.17, 15) is 14.4 Å². The second kappa shape index (κ2) is 10.9. The summed E-state index contributed by atoms with van der Waals surface area (Å²) in [6.45, 7) is 16.1. The lowest BCUT2D eigenvalue weighted by atomic mass is 9.90. The number of benzene rings is 1. The summed E-state index contributed by atoms with van der Waals surface area (Å²) >= 11 is 0. The molecule has 2 atom stereocenters. The third kappa shape index (κ3) is 6.19. The number of nitrogens with zero attached hydrogens (tertiary/aromatic N) is 3. The van der Waals surface area contributed by atoms with Crippen LogP contribution in [0, 0.1) is 13.8 Å². The fourth-order valence-electron chi connectivity index (χ4n) is 4.86. The molecule has 2 N–H and O–H groups in total. The normalized spacial score (nSPS) is 21.4. The smallest absolute Gasteiger partial charge is 0.338 e. The minimum absolute atomic E-state index is 0.0226. The topological polar surface area (TPSA) is 94.2 Å². The number of rotatable bonds is 5. The Morgan fingerprint density at radius 2 is 1.89 bits per heavy atom. The largest absolute Gasteiger partial charge is 0.463 e. The highest BCUT2D eigenvalue weighted by molar-refractivity contribution is 5.95. The maximum absolute atomic E-state index is 13.3. The summed E-state index contributed by atoms with van der Waals surface area (Å²) in [5.74, 6) is -0.430. The number of hydrogen-bond donors (Lipinski definition) is 2. The molecule has 36 heavy (non-hydrogen) atoms. The number of carbonyl (C=O) groups is 3. The van der Waals surface area contributed by atoms with Gasteiger partial charge < -0.3 is 20.3 Å². The molecule has 2 aliphatic rings. The first-order chi connectivity index (χ1) is 16.8. The van der Waals surface area contributed by atoms with Gasteiger partial charge in [-0.15, -0.1) is 0 Å². The third-order valence-electron chi connectivity index (χ3n) is 6.64. The second-order valence-corrected chi connectivity index (χ2v) is 10.8. The summed E-state index contributed by atoms with van der Waals surface area (Å²) in [5, 5.41) is 6.03. The van der Waals surface area contributed by atoms with E-state index in [1.165, 1.54) is 4.90 Å². The Morgan fingerprint density at radius 1 is 1.19 bits per heavy atom. The van der Waals surface area contributed by atoms with Crippen LogP contribution in [0.25, 0.3) is 0 Å². The van der Waals surface area contributed by atoms with E-state index in [-0.39, 0.29) is 30.2 Å². The van der Waals surface area contributed by atoms with E-state index in [2.05, 4.69) is 15.5 Å². The Balaban J connectivity index is 1.92. The van der Waals surface area contributed by atoms with E-state index in [1.54, 1.807) is 14.0 Å². The predicted molar refractivity (Wildman–Crippen MR) is 140 cm³/mol. The SMILES string of the molecule is CCOC(=O)C1=C(CN2CCN(C(=O)NC(C)(C)C)[C@H](C)C2)N(C)C(=O)N[C@@H]1c1ccc(C)cc1C. The molecule has 0 aromatic heterocycles. The highest BCUT2D eigenvalue weighted by Gasteiger charge is 2.39. The summed E-state index contributed by atoms with van der Waals surface area (Å²) in [7, 11) is 1.68. The van der Waals surface area contributed by atoms with Crippen LogP contribution in [0.3, 0.4) is 0 Å². The zero-order valence-corrected chi connectivity index (χ0v) is 22.9. The number of nitrogens with one attached hydrogen (secondary N) is 2. The first-order valence-electron chi connectivity index (χ1n) is 12.6. The third-order valence-corrected chi connectivity index (χ3v) is 6.64. The van der Waals surface area contributed by atoms with Gasteiger partial charge in [0.15, 0.2) is 0 Å². The second-order valence-electron chi connectivity index (χ2n) is 10.8. The molecule has 0 aliphatic carbocycles. The summed E-state index contributed by atoms with van der Waals surface area (Å²) < 4.78 is 5.46. The number of likely N-dealkylation sites (N-methyl/N-ethyl adjacent to an activating group) is 1. The fraction of sp³-hybridized carbons (Fsp3) is 0.593. The van der Waals surface area contributed by atoms with E-state index in [1.807, 2.05) is 64.6 Å². The first-order valence-corrected chi connectivity index (χ1v) is 12.6. The van der Waals surface area contributed by atoms with Crippen LogP contribution in [-0.2, 0) is 9.53 Å². The number of piperazine rings is 1. The van der Waals surface area contributed by atoms with Crippen LogP contribution in [0.4, 0.5) is 9.59 Å². The molecule has 0 bridgehead atoms. The van der Waals surface area contributed by atoms with Crippen LogP contribution in [0.2, 0.25) is 0 Å². The van der Waals surface area contributed by atoms with Crippen LogP contribution in [0.5, 0.6) is 0 Å². The average Bonchev–Trinajstić information content (AvgIpc) is 2.75. The molecule has 1 aromatic rings. The van der Waals surface area contributed by atoms with Gasteiger partial charge in [-0.3, -0.25) is 9.80 Å². The van der Waals surface area contributed by atoms with Gasteiger partial charge in [0.1, 0.15) is 0 Å². The van der Waals surface area contributed by atoms with Crippen molar-refractivity contribution in [1.82, 2.24) is 25.3 Å². The Labute approximate surface area is 214 Å². The molecular weight excluding hydrogens is 458 g/mol. The van der Waals surface area contributed by atoms with Gasteiger partial charge in [0, 0.05) is 50.5 Å². The Kier molecular flexibility index (Phi) is 8.33. The molecule has 0 spiro atoms. The van der Waals surface area contributed by atoms with E-state index < -0.39 is 12.0 Å². The van der Waals surface area contributed by atoms with Gasteiger partial charge in [0.25, 0.3) is 0 Å². The van der Waals surface area contributed by atoms with Crippen LogP contribution in [0.15, 0.2) is 29.5 Å². The first kappa shape index (κ1) is 27.5. The number of carbonyl (C=O) groups excluding carboxylic acids is 3. The molecule has 9 nitrogen and oxygen atoms in total. The Hall–Kier alpha value is -3.07. The maximum Gasteiger partial charge on any atom is 0.338 e. The zero-order valence-electron chi connectivity index (χ0n) is 22.9. The number of hydrogen-bond acceptors (Lipinski definition) is 5. The minimum atomic E-state index is -0.598. The van der Waals surface area contributed by atoms with Crippen molar-refractivity contribution in [1.29, 1.82) is 0 Å². The molecule has 1 aromatic carbocycles. The average molecular weight is 500 g/mol. The molecule has 9 heteroatoms. The van der Waals surface area contributed by atoms with Crippen molar-refractivity contribution in [3.8, 4) is 0 Å². The van der Waals surface area contributed by atoms with E-state index in [4.69, 9.17) is 4.74 Å².